The molecule has 1 aliphatic carbocycles. The Balaban J connectivity index is 1.63. The summed E-state index contributed by atoms with van der Waals surface area (Å²) in [6, 6.07) is 8.38. The van der Waals surface area contributed by atoms with Crippen LogP contribution in [0.1, 0.15) is 18.4 Å². The zero-order chi connectivity index (χ0) is 12.8. The van der Waals surface area contributed by atoms with Crippen LogP contribution in [0.4, 0.5) is 0 Å². The zero-order valence-corrected chi connectivity index (χ0v) is 10.8. The fourth-order valence-corrected chi connectivity index (χ4v) is 1.72. The van der Waals surface area contributed by atoms with Gasteiger partial charge in [0.15, 0.2) is 0 Å². The summed E-state index contributed by atoms with van der Waals surface area (Å²) in [4.78, 5) is 0. The van der Waals surface area contributed by atoms with E-state index in [1.165, 1.54) is 12.8 Å². The van der Waals surface area contributed by atoms with E-state index in [-0.39, 0.29) is 0 Å². The van der Waals surface area contributed by atoms with Gasteiger partial charge in [0.2, 0.25) is 0 Å². The molecule has 0 bridgehead atoms. The predicted octanol–water partition coefficient (Wildman–Crippen LogP) is 1.32. The number of rotatable bonds is 8. The molecular weight excluding hydrogens is 230 g/mol. The van der Waals surface area contributed by atoms with Gasteiger partial charge in [0.1, 0.15) is 5.75 Å². The molecule has 4 heteroatoms. The van der Waals surface area contributed by atoms with Crippen molar-refractivity contribution in [2.45, 2.75) is 31.6 Å². The van der Waals surface area contributed by atoms with Crippen molar-refractivity contribution in [2.24, 2.45) is 0 Å². The van der Waals surface area contributed by atoms with Crippen LogP contribution >= 0.6 is 0 Å². The third kappa shape index (κ3) is 4.64. The third-order valence-corrected chi connectivity index (χ3v) is 2.93. The van der Waals surface area contributed by atoms with Gasteiger partial charge in [0.25, 0.3) is 0 Å². The second kappa shape index (κ2) is 6.73. The largest absolute Gasteiger partial charge is 0.497 e. The van der Waals surface area contributed by atoms with Gasteiger partial charge in [-0.15, -0.1) is 0 Å². The highest BCUT2D eigenvalue weighted by Crippen LogP contribution is 2.18. The predicted molar refractivity (Wildman–Crippen MR) is 69.7 cm³/mol. The topological polar surface area (TPSA) is 50.7 Å². The smallest absolute Gasteiger partial charge is 0.119 e. The van der Waals surface area contributed by atoms with Crippen LogP contribution in [0.25, 0.3) is 0 Å². The average molecular weight is 251 g/mol. The van der Waals surface area contributed by atoms with Crippen LogP contribution in [0.5, 0.6) is 5.75 Å². The molecule has 1 fully saturated rings. The first-order chi connectivity index (χ1) is 8.78. The van der Waals surface area contributed by atoms with Crippen molar-refractivity contribution in [3.05, 3.63) is 29.8 Å². The molecule has 1 saturated carbocycles. The van der Waals surface area contributed by atoms with Crippen molar-refractivity contribution >= 4 is 0 Å². The van der Waals surface area contributed by atoms with Crippen molar-refractivity contribution in [3.63, 3.8) is 0 Å². The van der Waals surface area contributed by atoms with Crippen LogP contribution in [0, 0.1) is 0 Å². The van der Waals surface area contributed by atoms with Gasteiger partial charge in [-0.05, 0) is 30.5 Å². The summed E-state index contributed by atoms with van der Waals surface area (Å²) in [6.45, 7) is 1.47. The lowest BCUT2D eigenvalue weighted by molar-refractivity contribution is 0.0287. The van der Waals surface area contributed by atoms with E-state index in [1.54, 1.807) is 7.11 Å². The van der Waals surface area contributed by atoms with Gasteiger partial charge in [0.05, 0.1) is 26.4 Å². The van der Waals surface area contributed by atoms with E-state index < -0.39 is 6.10 Å². The van der Waals surface area contributed by atoms with E-state index in [4.69, 9.17) is 9.47 Å². The molecule has 0 aliphatic heterocycles. The number of nitrogens with one attached hydrogen (secondary N) is 1. The Kier molecular flexibility index (Phi) is 4.99. The summed E-state index contributed by atoms with van der Waals surface area (Å²) in [6.07, 6.45) is 2.03. The van der Waals surface area contributed by atoms with Crippen molar-refractivity contribution in [1.82, 2.24) is 5.32 Å². The fraction of sp³-hybridized carbons (Fsp3) is 0.571. The maximum atomic E-state index is 9.69. The van der Waals surface area contributed by atoms with E-state index in [0.29, 0.717) is 25.8 Å². The first kappa shape index (κ1) is 13.3. The highest BCUT2D eigenvalue weighted by molar-refractivity contribution is 5.27. The van der Waals surface area contributed by atoms with Crippen LogP contribution in [-0.4, -0.2) is 37.5 Å². The van der Waals surface area contributed by atoms with Gasteiger partial charge in [-0.2, -0.15) is 0 Å². The molecule has 2 N–H and O–H groups in total. The molecule has 2 rings (SSSR count). The minimum absolute atomic E-state index is 0.358. The minimum Gasteiger partial charge on any atom is -0.497 e. The quantitative estimate of drug-likeness (QED) is 0.732. The molecule has 0 heterocycles. The number of methoxy groups -OCH3 is 1. The molecular formula is C14H21NO3. The number of ether oxygens (including phenoxy) is 2. The molecule has 1 atom stereocenters. The summed E-state index contributed by atoms with van der Waals surface area (Å²) in [5, 5.41) is 13.0. The Morgan fingerprint density at radius 2 is 2.28 bits per heavy atom. The zero-order valence-electron chi connectivity index (χ0n) is 10.8. The van der Waals surface area contributed by atoms with Crippen LogP contribution < -0.4 is 10.1 Å². The van der Waals surface area contributed by atoms with Crippen molar-refractivity contribution in [2.75, 3.05) is 20.3 Å². The first-order valence-corrected chi connectivity index (χ1v) is 6.40. The van der Waals surface area contributed by atoms with E-state index in [2.05, 4.69) is 5.32 Å². The SMILES string of the molecule is COc1cccc(COCC(O)CNC2CC2)c1. The lowest BCUT2D eigenvalue weighted by Gasteiger charge is -2.12. The Labute approximate surface area is 108 Å². The summed E-state index contributed by atoms with van der Waals surface area (Å²) < 4.78 is 10.6. The molecule has 0 radical (unpaired) electrons. The Morgan fingerprint density at radius 1 is 1.44 bits per heavy atom. The molecule has 4 nitrogen and oxygen atoms in total. The lowest BCUT2D eigenvalue weighted by atomic mass is 10.2. The van der Waals surface area contributed by atoms with E-state index in [0.717, 1.165) is 11.3 Å². The lowest BCUT2D eigenvalue weighted by Crippen LogP contribution is -2.31. The summed E-state index contributed by atoms with van der Waals surface area (Å²) >= 11 is 0. The fourth-order valence-electron chi connectivity index (χ4n) is 1.72. The number of hydrogen-bond donors (Lipinski definition) is 2. The highest BCUT2D eigenvalue weighted by atomic mass is 16.5. The molecule has 100 valence electrons. The van der Waals surface area contributed by atoms with Gasteiger partial charge >= 0.3 is 0 Å². The maximum Gasteiger partial charge on any atom is 0.119 e. The molecule has 0 aromatic heterocycles. The summed E-state index contributed by atoms with van der Waals surface area (Å²) in [5.74, 6) is 0.826. The number of hydrogen-bond acceptors (Lipinski definition) is 4. The van der Waals surface area contributed by atoms with Gasteiger partial charge in [-0.3, -0.25) is 0 Å². The van der Waals surface area contributed by atoms with Gasteiger partial charge < -0.3 is 19.9 Å². The third-order valence-electron chi connectivity index (χ3n) is 2.93. The first-order valence-electron chi connectivity index (χ1n) is 6.40. The van der Waals surface area contributed by atoms with Gasteiger partial charge in [-0.25, -0.2) is 0 Å². The Hall–Kier alpha value is -1.10. The molecule has 0 amide bonds. The van der Waals surface area contributed by atoms with Crippen molar-refractivity contribution in [1.29, 1.82) is 0 Å². The Bertz CT molecular complexity index is 366. The number of aliphatic hydroxyl groups excluding tert-OH is 1. The van der Waals surface area contributed by atoms with Crippen molar-refractivity contribution in [3.8, 4) is 5.75 Å². The standard InChI is InChI=1S/C14H21NO3/c1-17-14-4-2-3-11(7-14)9-18-10-13(16)8-15-12-5-6-12/h2-4,7,12-13,15-16H,5-6,8-10H2,1H3. The van der Waals surface area contributed by atoms with E-state index in [1.807, 2.05) is 24.3 Å². The normalized spacial score (nSPS) is 16.6. The second-order valence-electron chi connectivity index (χ2n) is 4.70. The van der Waals surface area contributed by atoms with Crippen LogP contribution in [-0.2, 0) is 11.3 Å². The summed E-state index contributed by atoms with van der Waals surface area (Å²) in [5.41, 5.74) is 1.05. The number of aliphatic hydroxyl groups is 1. The Morgan fingerprint density at radius 3 is 3.00 bits per heavy atom. The van der Waals surface area contributed by atoms with Crippen LogP contribution in [0.15, 0.2) is 24.3 Å². The van der Waals surface area contributed by atoms with Crippen LogP contribution in [0.3, 0.4) is 0 Å². The molecule has 1 aliphatic rings. The maximum absolute atomic E-state index is 9.69. The monoisotopic (exact) mass is 251 g/mol. The van der Waals surface area contributed by atoms with E-state index in [9.17, 15) is 5.11 Å². The molecule has 1 aromatic rings. The average Bonchev–Trinajstić information content (AvgIpc) is 3.21. The van der Waals surface area contributed by atoms with Crippen molar-refractivity contribution < 1.29 is 14.6 Å². The molecule has 1 aromatic carbocycles. The number of benzene rings is 1. The second-order valence-corrected chi connectivity index (χ2v) is 4.70. The molecule has 1 unspecified atom stereocenters. The van der Waals surface area contributed by atoms with E-state index >= 15 is 0 Å². The van der Waals surface area contributed by atoms with Gasteiger partial charge in [0, 0.05) is 12.6 Å². The molecule has 18 heavy (non-hydrogen) atoms. The molecule has 0 saturated heterocycles. The molecule has 0 spiro atoms. The van der Waals surface area contributed by atoms with Gasteiger partial charge in [-0.1, -0.05) is 12.1 Å². The minimum atomic E-state index is -0.434. The van der Waals surface area contributed by atoms with Crippen LogP contribution in [0.2, 0.25) is 0 Å². The highest BCUT2D eigenvalue weighted by Gasteiger charge is 2.21. The summed E-state index contributed by atoms with van der Waals surface area (Å²) in [7, 11) is 1.65.